The van der Waals surface area contributed by atoms with Crippen LogP contribution in [0.15, 0.2) is 59.7 Å². The normalized spacial score (nSPS) is 14.0. The van der Waals surface area contributed by atoms with E-state index >= 15 is 0 Å². The number of carbonyl (C=O) groups excluding carboxylic acids is 8. The van der Waals surface area contributed by atoms with Crippen LogP contribution >= 0.6 is 0 Å². The van der Waals surface area contributed by atoms with Crippen molar-refractivity contribution in [3.63, 3.8) is 0 Å². The number of aromatic nitrogens is 1. The molecule has 0 saturated heterocycles. The van der Waals surface area contributed by atoms with E-state index in [1.165, 1.54) is 6.92 Å². The van der Waals surface area contributed by atoms with Crippen LogP contribution < -0.4 is 65.5 Å². The molecule has 0 bridgehead atoms. The number of amidine groups is 1. The van der Waals surface area contributed by atoms with Crippen molar-refractivity contribution in [3.05, 3.63) is 71.4 Å². The summed E-state index contributed by atoms with van der Waals surface area (Å²) in [5.74, 6) is -5.83. The lowest BCUT2D eigenvalue weighted by atomic mass is 9.98. The van der Waals surface area contributed by atoms with Crippen LogP contribution in [0.3, 0.4) is 0 Å². The second kappa shape index (κ2) is 33.0. The van der Waals surface area contributed by atoms with Crippen molar-refractivity contribution in [1.82, 2.24) is 47.5 Å². The maximum Gasteiger partial charge on any atom is 0.243 e. The highest BCUT2D eigenvalue weighted by atomic mass is 16.2. The van der Waals surface area contributed by atoms with Crippen LogP contribution in [0, 0.1) is 29.1 Å². The highest BCUT2D eigenvalue weighted by molar-refractivity contribution is 5.98. The Morgan fingerprint density at radius 3 is 1.57 bits per heavy atom. The number of guanidine groups is 1. The minimum atomic E-state index is -1.34. The van der Waals surface area contributed by atoms with Gasteiger partial charge in [-0.1, -0.05) is 97.9 Å². The number of hydrogen-bond donors (Lipinski definition) is 14. The lowest BCUT2D eigenvalue weighted by Gasteiger charge is -2.29. The standard InChI is InChI=1S/C56H89N15O8/c1-31(2)25-43(65-35(9)72)51(75)68-44(26-32(3)4)52(76)69-45(27-33(5)6)53(77)70-46(28-38-30-63-40-16-11-10-15-39(38)40)54(78)66-42(18-14-24-62-56(60)61)50(74)71-47(34(7)8)55(79)67-41(17-12-13-23-57)49(73)64-29-36-19-21-37(22-20-36)48(58)59/h10-11,15-16,19-22,30-34,41-47,63H,12-14,17-18,23-29,57H2,1-9H3,(H3,58,59)(H,64,73)(H,65,72)(H,66,78)(H,67,79)(H,68,75)(H,69,76)(H,70,77)(H,71,74)(H4,60,61,62)/t41-,42-,43-,44-,45-,46-,47-/m0/s1. The first-order valence-electron chi connectivity index (χ1n) is 27.4. The van der Waals surface area contributed by atoms with Crippen LogP contribution in [-0.2, 0) is 51.3 Å². The number of aromatic amines is 1. The summed E-state index contributed by atoms with van der Waals surface area (Å²) in [4.78, 5) is 119. The average molecular weight is 1100 g/mol. The van der Waals surface area contributed by atoms with Crippen LogP contribution in [0.25, 0.3) is 10.9 Å². The average Bonchev–Trinajstić information content (AvgIpc) is 3.79. The van der Waals surface area contributed by atoms with E-state index in [4.69, 9.17) is 28.3 Å². The number of nitrogens with two attached hydrogens (primary N) is 4. The fourth-order valence-electron chi connectivity index (χ4n) is 8.87. The number of para-hydroxylation sites is 1. The predicted octanol–water partition coefficient (Wildman–Crippen LogP) is 1.70. The summed E-state index contributed by atoms with van der Waals surface area (Å²) in [6, 6.07) is 6.19. The summed E-state index contributed by atoms with van der Waals surface area (Å²) in [6.07, 6.45) is 3.88. The number of unbranched alkanes of at least 4 members (excludes halogenated alkanes) is 1. The second-order valence-corrected chi connectivity index (χ2v) is 21.8. The molecule has 436 valence electrons. The molecular weight excluding hydrogens is 1010 g/mol. The molecule has 23 nitrogen and oxygen atoms in total. The first-order valence-corrected chi connectivity index (χ1v) is 27.4. The molecule has 2 aromatic carbocycles. The zero-order valence-electron chi connectivity index (χ0n) is 47.6. The molecule has 0 aliphatic carbocycles. The summed E-state index contributed by atoms with van der Waals surface area (Å²) >= 11 is 0. The van der Waals surface area contributed by atoms with Gasteiger partial charge < -0.3 is 70.5 Å². The molecule has 0 spiro atoms. The molecule has 3 aromatic rings. The molecule has 0 fully saturated rings. The number of nitrogens with one attached hydrogen (secondary N) is 10. The molecule has 3 rings (SSSR count). The Kier molecular flexibility index (Phi) is 27.5. The van der Waals surface area contributed by atoms with Crippen molar-refractivity contribution >= 4 is 70.0 Å². The fraction of sp³-hybridized carbons (Fsp3) is 0.571. The molecule has 0 saturated carbocycles. The van der Waals surface area contributed by atoms with Crippen LogP contribution in [0.5, 0.6) is 0 Å². The highest BCUT2D eigenvalue weighted by Crippen LogP contribution is 2.20. The lowest BCUT2D eigenvalue weighted by molar-refractivity contribution is -0.136. The van der Waals surface area contributed by atoms with Crippen molar-refractivity contribution in [2.24, 2.45) is 51.6 Å². The number of rotatable bonds is 34. The number of nitrogens with zero attached hydrogens (tertiary/aromatic N) is 1. The van der Waals surface area contributed by atoms with Crippen molar-refractivity contribution in [2.75, 3.05) is 13.1 Å². The van der Waals surface area contributed by atoms with E-state index in [1.807, 2.05) is 65.8 Å². The number of amides is 8. The van der Waals surface area contributed by atoms with Gasteiger partial charge in [0.05, 0.1) is 0 Å². The molecule has 1 aromatic heterocycles. The lowest BCUT2D eigenvalue weighted by Crippen LogP contribution is -2.61. The zero-order valence-corrected chi connectivity index (χ0v) is 47.6. The first-order chi connectivity index (χ1) is 37.3. The SMILES string of the molecule is CC(=O)N[C@@H](CC(C)C)C(=O)N[C@@H](CC(C)C)C(=O)N[C@@H](CC(C)C)C(=O)N[C@@H](Cc1c[nH]c2ccccc12)C(=O)N[C@@H](CCCN=C(N)N)C(=O)N[C@H](C(=O)N[C@@H](CCCCN)C(=O)NCc1ccc(C(=N)N)cc1)C(C)C. The molecule has 18 N–H and O–H groups in total. The van der Waals surface area contributed by atoms with Gasteiger partial charge in [0.25, 0.3) is 0 Å². The van der Waals surface area contributed by atoms with E-state index in [0.717, 1.165) is 16.5 Å². The van der Waals surface area contributed by atoms with Gasteiger partial charge in [-0.2, -0.15) is 0 Å². The van der Waals surface area contributed by atoms with E-state index in [9.17, 15) is 38.4 Å². The number of hydrogen-bond acceptors (Lipinski definition) is 11. The van der Waals surface area contributed by atoms with Crippen molar-refractivity contribution in [3.8, 4) is 0 Å². The summed E-state index contributed by atoms with van der Waals surface area (Å²) in [5.41, 5.74) is 25.3. The van der Waals surface area contributed by atoms with Gasteiger partial charge in [-0.05, 0) is 98.8 Å². The number of benzene rings is 2. The van der Waals surface area contributed by atoms with Crippen molar-refractivity contribution in [2.45, 2.75) is 169 Å². The number of aliphatic imine (C=N–C) groups is 1. The third-order valence-corrected chi connectivity index (χ3v) is 12.9. The number of nitrogen functional groups attached to an aromatic ring is 1. The van der Waals surface area contributed by atoms with Gasteiger partial charge in [0.15, 0.2) is 5.96 Å². The van der Waals surface area contributed by atoms with E-state index in [1.54, 1.807) is 44.3 Å². The van der Waals surface area contributed by atoms with Crippen LogP contribution in [-0.4, -0.2) is 119 Å². The summed E-state index contributed by atoms with van der Waals surface area (Å²) < 4.78 is 0. The van der Waals surface area contributed by atoms with Crippen molar-refractivity contribution < 1.29 is 38.4 Å². The van der Waals surface area contributed by atoms with Gasteiger partial charge in [0.1, 0.15) is 48.1 Å². The van der Waals surface area contributed by atoms with Crippen LogP contribution in [0.4, 0.5) is 0 Å². The van der Waals surface area contributed by atoms with Gasteiger partial charge in [-0.25, -0.2) is 0 Å². The molecule has 1 heterocycles. The summed E-state index contributed by atoms with van der Waals surface area (Å²) in [6.45, 7) is 16.7. The molecule has 23 heteroatoms. The number of carbonyl (C=O) groups is 8. The van der Waals surface area contributed by atoms with Crippen LogP contribution in [0.2, 0.25) is 0 Å². The minimum absolute atomic E-state index is 0.0129. The number of fused-ring (bicyclic) bond motifs is 1. The monoisotopic (exact) mass is 1100 g/mol. The quantitative estimate of drug-likeness (QED) is 0.0231. The highest BCUT2D eigenvalue weighted by Gasteiger charge is 2.36. The fourth-order valence-corrected chi connectivity index (χ4v) is 8.87. The molecule has 0 aliphatic heterocycles. The first kappa shape index (κ1) is 65.7. The Morgan fingerprint density at radius 2 is 1.05 bits per heavy atom. The van der Waals surface area contributed by atoms with E-state index in [-0.39, 0.29) is 81.2 Å². The smallest absolute Gasteiger partial charge is 0.243 e. The Labute approximate surface area is 464 Å². The topological polar surface area (TPSA) is 389 Å². The summed E-state index contributed by atoms with van der Waals surface area (Å²) in [5, 5.41) is 31.0. The third-order valence-electron chi connectivity index (χ3n) is 12.9. The van der Waals surface area contributed by atoms with Gasteiger partial charge >= 0.3 is 0 Å². The van der Waals surface area contributed by atoms with E-state index in [2.05, 4.69) is 52.5 Å². The van der Waals surface area contributed by atoms with Crippen LogP contribution in [0.1, 0.15) is 130 Å². The Morgan fingerprint density at radius 1 is 0.570 bits per heavy atom. The zero-order chi connectivity index (χ0) is 58.9. The Bertz CT molecular complexity index is 2540. The van der Waals surface area contributed by atoms with Crippen molar-refractivity contribution in [1.29, 1.82) is 5.41 Å². The molecule has 0 unspecified atom stereocenters. The summed E-state index contributed by atoms with van der Waals surface area (Å²) in [7, 11) is 0. The minimum Gasteiger partial charge on any atom is -0.384 e. The largest absolute Gasteiger partial charge is 0.384 e. The maximum atomic E-state index is 14.8. The van der Waals surface area contributed by atoms with Gasteiger partial charge in [-0.3, -0.25) is 48.8 Å². The second-order valence-electron chi connectivity index (χ2n) is 21.8. The Hall–Kier alpha value is -7.56. The van der Waals surface area contributed by atoms with Gasteiger partial charge in [0, 0.05) is 49.1 Å². The molecule has 7 atom stereocenters. The number of H-pyrrole nitrogens is 1. The molecule has 79 heavy (non-hydrogen) atoms. The van der Waals surface area contributed by atoms with E-state index in [0.29, 0.717) is 36.9 Å². The van der Waals surface area contributed by atoms with E-state index < -0.39 is 95.5 Å². The molecule has 0 radical (unpaired) electrons. The third kappa shape index (κ3) is 23.1. The maximum absolute atomic E-state index is 14.8. The van der Waals surface area contributed by atoms with Gasteiger partial charge in [-0.15, -0.1) is 0 Å². The Balaban J connectivity index is 1.98. The molecular formula is C56H89N15O8. The predicted molar refractivity (Wildman–Crippen MR) is 307 cm³/mol. The molecule has 8 amide bonds. The molecule has 0 aliphatic rings. The van der Waals surface area contributed by atoms with Gasteiger partial charge in [0.2, 0.25) is 47.3 Å².